The molecule has 27 heavy (non-hydrogen) atoms. The predicted octanol–water partition coefficient (Wildman–Crippen LogP) is 3.77. The summed E-state index contributed by atoms with van der Waals surface area (Å²) in [4.78, 5) is 26.2. The van der Waals surface area contributed by atoms with Crippen LogP contribution in [0.2, 0.25) is 5.02 Å². The van der Waals surface area contributed by atoms with Gasteiger partial charge >= 0.3 is 0 Å². The second-order valence-electron chi connectivity index (χ2n) is 6.00. The highest BCUT2D eigenvalue weighted by atomic mass is 35.5. The molecule has 0 aromatic heterocycles. The van der Waals surface area contributed by atoms with E-state index in [0.29, 0.717) is 29.4 Å². The third-order valence-corrected chi connectivity index (χ3v) is 4.11. The van der Waals surface area contributed by atoms with Crippen molar-refractivity contribution in [3.05, 3.63) is 52.5 Å². The molecule has 0 heterocycles. The SMILES string of the molecule is CCOc1c(Cl)cc(C(=O)N(C)CC(=O)Nc2ccc(C)cc2)cc1OC. The maximum atomic E-state index is 12.7. The highest BCUT2D eigenvalue weighted by molar-refractivity contribution is 6.32. The lowest BCUT2D eigenvalue weighted by molar-refractivity contribution is -0.116. The van der Waals surface area contributed by atoms with Gasteiger partial charge < -0.3 is 19.7 Å². The highest BCUT2D eigenvalue weighted by Gasteiger charge is 2.20. The summed E-state index contributed by atoms with van der Waals surface area (Å²) in [6.45, 7) is 4.12. The van der Waals surface area contributed by atoms with Crippen molar-refractivity contribution >= 4 is 29.1 Å². The van der Waals surface area contributed by atoms with Gasteiger partial charge in [0.1, 0.15) is 0 Å². The number of nitrogens with one attached hydrogen (secondary N) is 1. The van der Waals surface area contributed by atoms with Crippen LogP contribution in [0.3, 0.4) is 0 Å². The van der Waals surface area contributed by atoms with Crippen molar-refractivity contribution in [1.29, 1.82) is 0 Å². The summed E-state index contributed by atoms with van der Waals surface area (Å²) in [5.74, 6) is 0.110. The number of carbonyl (C=O) groups excluding carboxylic acids is 2. The van der Waals surface area contributed by atoms with Gasteiger partial charge in [0.2, 0.25) is 5.91 Å². The molecule has 1 N–H and O–H groups in total. The lowest BCUT2D eigenvalue weighted by Gasteiger charge is -2.18. The van der Waals surface area contributed by atoms with E-state index < -0.39 is 0 Å². The smallest absolute Gasteiger partial charge is 0.254 e. The van der Waals surface area contributed by atoms with Crippen molar-refractivity contribution in [2.45, 2.75) is 13.8 Å². The Morgan fingerprint density at radius 2 is 1.85 bits per heavy atom. The molecule has 0 fully saturated rings. The molecular formula is C20H23ClN2O4. The molecule has 0 aliphatic carbocycles. The van der Waals surface area contributed by atoms with Crippen molar-refractivity contribution < 1.29 is 19.1 Å². The van der Waals surface area contributed by atoms with E-state index in [9.17, 15) is 9.59 Å². The minimum atomic E-state index is -0.350. The summed E-state index contributed by atoms with van der Waals surface area (Å²) >= 11 is 6.21. The van der Waals surface area contributed by atoms with E-state index in [0.717, 1.165) is 5.56 Å². The Morgan fingerprint density at radius 1 is 1.19 bits per heavy atom. The van der Waals surface area contributed by atoms with Gasteiger partial charge in [0.05, 0.1) is 25.3 Å². The molecule has 2 aromatic rings. The average molecular weight is 391 g/mol. The van der Waals surface area contributed by atoms with Crippen molar-refractivity contribution in [3.63, 3.8) is 0 Å². The van der Waals surface area contributed by atoms with Gasteiger partial charge in [0.15, 0.2) is 11.5 Å². The Bertz CT molecular complexity index is 821. The molecule has 0 saturated heterocycles. The first-order valence-corrected chi connectivity index (χ1v) is 8.85. The number of halogens is 1. The Morgan fingerprint density at radius 3 is 2.44 bits per heavy atom. The quantitative estimate of drug-likeness (QED) is 0.781. The summed E-state index contributed by atoms with van der Waals surface area (Å²) in [5, 5.41) is 3.04. The number of ether oxygens (including phenoxy) is 2. The van der Waals surface area contributed by atoms with Crippen molar-refractivity contribution in [2.24, 2.45) is 0 Å². The Balaban J connectivity index is 2.08. The standard InChI is InChI=1S/C20H23ClN2O4/c1-5-27-19-16(21)10-14(11-17(19)26-4)20(25)23(3)12-18(24)22-15-8-6-13(2)7-9-15/h6-11H,5,12H2,1-4H3,(H,22,24). The summed E-state index contributed by atoms with van der Waals surface area (Å²) in [6.07, 6.45) is 0. The highest BCUT2D eigenvalue weighted by Crippen LogP contribution is 2.36. The van der Waals surface area contributed by atoms with Crippen LogP contribution < -0.4 is 14.8 Å². The largest absolute Gasteiger partial charge is 0.493 e. The van der Waals surface area contributed by atoms with Gasteiger partial charge in [0, 0.05) is 18.3 Å². The van der Waals surface area contributed by atoms with E-state index >= 15 is 0 Å². The van der Waals surface area contributed by atoms with Gasteiger partial charge in [-0.2, -0.15) is 0 Å². The molecule has 0 aliphatic rings. The van der Waals surface area contributed by atoms with E-state index in [2.05, 4.69) is 5.32 Å². The van der Waals surface area contributed by atoms with Crippen molar-refractivity contribution in [3.8, 4) is 11.5 Å². The summed E-state index contributed by atoms with van der Waals surface area (Å²) in [5.41, 5.74) is 2.09. The number of hydrogen-bond donors (Lipinski definition) is 1. The lowest BCUT2D eigenvalue weighted by Crippen LogP contribution is -2.35. The van der Waals surface area contributed by atoms with Gasteiger partial charge in [-0.15, -0.1) is 0 Å². The number of carbonyl (C=O) groups is 2. The van der Waals surface area contributed by atoms with Crippen LogP contribution in [0.1, 0.15) is 22.8 Å². The summed E-state index contributed by atoms with van der Waals surface area (Å²) < 4.78 is 10.7. The number of anilines is 1. The molecule has 0 atom stereocenters. The lowest BCUT2D eigenvalue weighted by atomic mass is 10.1. The zero-order valence-corrected chi connectivity index (χ0v) is 16.6. The number of amides is 2. The maximum absolute atomic E-state index is 12.7. The third-order valence-electron chi connectivity index (χ3n) is 3.83. The first-order valence-electron chi connectivity index (χ1n) is 8.48. The van der Waals surface area contributed by atoms with Crippen LogP contribution in [-0.4, -0.2) is 44.0 Å². The zero-order chi connectivity index (χ0) is 20.0. The Hall–Kier alpha value is -2.73. The van der Waals surface area contributed by atoms with Crippen LogP contribution in [-0.2, 0) is 4.79 Å². The number of nitrogens with zero attached hydrogens (tertiary/aromatic N) is 1. The van der Waals surface area contributed by atoms with E-state index in [-0.39, 0.29) is 23.4 Å². The first-order chi connectivity index (χ1) is 12.8. The molecule has 2 amide bonds. The Kier molecular flexibility index (Phi) is 7.07. The number of aryl methyl sites for hydroxylation is 1. The Labute approximate surface area is 164 Å². The average Bonchev–Trinajstić information content (AvgIpc) is 2.64. The van der Waals surface area contributed by atoms with Gasteiger partial charge in [-0.25, -0.2) is 0 Å². The van der Waals surface area contributed by atoms with Gasteiger partial charge in [-0.3, -0.25) is 9.59 Å². The molecule has 2 aromatic carbocycles. The summed E-state index contributed by atoms with van der Waals surface area (Å²) in [6, 6.07) is 10.5. The van der Waals surface area contributed by atoms with E-state index in [4.69, 9.17) is 21.1 Å². The van der Waals surface area contributed by atoms with Gasteiger partial charge in [0.25, 0.3) is 5.91 Å². The number of methoxy groups -OCH3 is 1. The second-order valence-corrected chi connectivity index (χ2v) is 6.41. The molecule has 0 radical (unpaired) electrons. The minimum Gasteiger partial charge on any atom is -0.493 e. The number of likely N-dealkylation sites (N-methyl/N-ethyl adjacent to an activating group) is 1. The molecule has 0 bridgehead atoms. The van der Waals surface area contributed by atoms with Gasteiger partial charge in [-0.05, 0) is 38.1 Å². The molecular weight excluding hydrogens is 368 g/mol. The van der Waals surface area contributed by atoms with E-state index in [1.165, 1.54) is 18.1 Å². The number of benzene rings is 2. The molecule has 2 rings (SSSR count). The first kappa shape index (κ1) is 20.6. The van der Waals surface area contributed by atoms with E-state index in [1.54, 1.807) is 13.1 Å². The molecule has 0 spiro atoms. The number of rotatable bonds is 7. The summed E-state index contributed by atoms with van der Waals surface area (Å²) in [7, 11) is 3.02. The predicted molar refractivity (Wildman–Crippen MR) is 106 cm³/mol. The fraction of sp³-hybridized carbons (Fsp3) is 0.300. The molecule has 0 saturated carbocycles. The topological polar surface area (TPSA) is 67.9 Å². The van der Waals surface area contributed by atoms with Crippen molar-refractivity contribution in [2.75, 3.05) is 32.6 Å². The second kappa shape index (κ2) is 9.28. The van der Waals surface area contributed by atoms with Crippen LogP contribution in [0, 0.1) is 6.92 Å². The zero-order valence-electron chi connectivity index (χ0n) is 15.8. The van der Waals surface area contributed by atoms with Crippen LogP contribution >= 0.6 is 11.6 Å². The fourth-order valence-electron chi connectivity index (χ4n) is 2.47. The van der Waals surface area contributed by atoms with Crippen LogP contribution in [0.4, 0.5) is 5.69 Å². The maximum Gasteiger partial charge on any atom is 0.254 e. The normalized spacial score (nSPS) is 10.3. The molecule has 0 aliphatic heterocycles. The van der Waals surface area contributed by atoms with Gasteiger partial charge in [-0.1, -0.05) is 29.3 Å². The van der Waals surface area contributed by atoms with E-state index in [1.807, 2.05) is 38.1 Å². The van der Waals surface area contributed by atoms with Crippen LogP contribution in [0.15, 0.2) is 36.4 Å². The third kappa shape index (κ3) is 5.37. The van der Waals surface area contributed by atoms with Crippen LogP contribution in [0.25, 0.3) is 0 Å². The van der Waals surface area contributed by atoms with Crippen molar-refractivity contribution in [1.82, 2.24) is 4.90 Å². The van der Waals surface area contributed by atoms with Crippen LogP contribution in [0.5, 0.6) is 11.5 Å². The molecule has 7 heteroatoms. The molecule has 0 unspecified atom stereocenters. The monoisotopic (exact) mass is 390 g/mol. The minimum absolute atomic E-state index is 0.0974. The molecule has 6 nitrogen and oxygen atoms in total. The fourth-order valence-corrected chi connectivity index (χ4v) is 2.74. The molecule has 144 valence electrons. The number of hydrogen-bond acceptors (Lipinski definition) is 4.